The normalized spacial score (nSPS) is 10.8. The van der Waals surface area contributed by atoms with Gasteiger partial charge in [0, 0.05) is 36.0 Å². The van der Waals surface area contributed by atoms with E-state index < -0.39 is 23.4 Å². The smallest absolute Gasteiger partial charge is 0.306 e. The van der Waals surface area contributed by atoms with E-state index in [0.717, 1.165) is 34.4 Å². The molecule has 0 aliphatic carbocycles. The van der Waals surface area contributed by atoms with Gasteiger partial charge in [-0.15, -0.1) is 0 Å². The molecule has 0 aliphatic rings. The summed E-state index contributed by atoms with van der Waals surface area (Å²) < 4.78 is 6.77. The molecule has 0 spiro atoms. The van der Waals surface area contributed by atoms with E-state index >= 15 is 0 Å². The minimum atomic E-state index is -0.605. The second kappa shape index (κ2) is 9.09. The van der Waals surface area contributed by atoms with Crippen molar-refractivity contribution >= 4 is 40.5 Å². The van der Waals surface area contributed by atoms with E-state index in [1.54, 1.807) is 4.52 Å². The molecule has 0 radical (unpaired) electrons. The number of non-ortho nitro benzene ring substituents is 1. The number of nitrogens with zero attached hydrogens (tertiary/aromatic N) is 4. The highest BCUT2D eigenvalue weighted by molar-refractivity contribution is 6.34. The molecule has 10 nitrogen and oxygen atoms in total. The number of aryl methyl sites for hydroxylation is 3. The van der Waals surface area contributed by atoms with Gasteiger partial charge in [0.1, 0.15) is 0 Å². The van der Waals surface area contributed by atoms with E-state index in [1.165, 1.54) is 12.1 Å². The molecule has 11 heteroatoms. The first-order chi connectivity index (χ1) is 14.7. The number of esters is 1. The summed E-state index contributed by atoms with van der Waals surface area (Å²) in [6.07, 6.45) is 0.467. The highest BCUT2D eigenvalue weighted by Crippen LogP contribution is 2.26. The van der Waals surface area contributed by atoms with Gasteiger partial charge in [0.15, 0.2) is 12.3 Å². The van der Waals surface area contributed by atoms with Crippen molar-refractivity contribution < 1.29 is 19.2 Å². The van der Waals surface area contributed by atoms with Crippen molar-refractivity contribution in [3.63, 3.8) is 0 Å². The van der Waals surface area contributed by atoms with Crippen LogP contribution in [0, 0.1) is 30.9 Å². The lowest BCUT2D eigenvalue weighted by atomic mass is 10.1. The number of nitro benzene ring substituents is 1. The van der Waals surface area contributed by atoms with Gasteiger partial charge in [-0.05, 0) is 38.8 Å². The van der Waals surface area contributed by atoms with Crippen molar-refractivity contribution in [2.75, 3.05) is 11.9 Å². The van der Waals surface area contributed by atoms with Crippen LogP contribution < -0.4 is 5.32 Å². The molecule has 1 aromatic carbocycles. The predicted molar refractivity (Wildman–Crippen MR) is 113 cm³/mol. The van der Waals surface area contributed by atoms with Crippen molar-refractivity contribution in [3.05, 3.63) is 62.0 Å². The van der Waals surface area contributed by atoms with Crippen LogP contribution in [0.3, 0.4) is 0 Å². The van der Waals surface area contributed by atoms with Gasteiger partial charge in [0.2, 0.25) is 0 Å². The number of aromatic nitrogens is 3. The number of rotatable bonds is 7. The number of nitrogens with one attached hydrogen (secondary N) is 1. The molecule has 3 rings (SSSR count). The SMILES string of the molecule is Cc1cc2nc(C)c(CCC(=O)OCC(=O)Nc3ccc([N+](=O)[O-])cc3Cl)c(C)n2n1. The lowest BCUT2D eigenvalue weighted by molar-refractivity contribution is -0.384. The van der Waals surface area contributed by atoms with E-state index in [1.807, 2.05) is 26.8 Å². The van der Waals surface area contributed by atoms with Crippen LogP contribution >= 0.6 is 11.6 Å². The fourth-order valence-electron chi connectivity index (χ4n) is 3.15. The van der Waals surface area contributed by atoms with Gasteiger partial charge in [-0.1, -0.05) is 11.6 Å². The summed E-state index contributed by atoms with van der Waals surface area (Å²) in [6.45, 7) is 5.17. The summed E-state index contributed by atoms with van der Waals surface area (Å²) in [7, 11) is 0. The summed E-state index contributed by atoms with van der Waals surface area (Å²) >= 11 is 5.93. The Hall–Kier alpha value is -3.53. The van der Waals surface area contributed by atoms with E-state index in [2.05, 4.69) is 15.4 Å². The third-order valence-corrected chi connectivity index (χ3v) is 4.98. The summed E-state index contributed by atoms with van der Waals surface area (Å²) in [5.74, 6) is -1.15. The second-order valence-corrected chi connectivity index (χ2v) is 7.35. The van der Waals surface area contributed by atoms with Gasteiger partial charge in [-0.25, -0.2) is 9.50 Å². The Morgan fingerprint density at radius 1 is 1.26 bits per heavy atom. The molecule has 0 saturated carbocycles. The monoisotopic (exact) mass is 445 g/mol. The van der Waals surface area contributed by atoms with Crippen LogP contribution in [0.4, 0.5) is 11.4 Å². The number of halogens is 1. The highest BCUT2D eigenvalue weighted by Gasteiger charge is 2.15. The third-order valence-electron chi connectivity index (χ3n) is 4.67. The molecule has 0 unspecified atom stereocenters. The first-order valence-electron chi connectivity index (χ1n) is 9.37. The van der Waals surface area contributed by atoms with Crippen molar-refractivity contribution in [2.24, 2.45) is 0 Å². The van der Waals surface area contributed by atoms with Crippen molar-refractivity contribution in [3.8, 4) is 0 Å². The number of anilines is 1. The second-order valence-electron chi connectivity index (χ2n) is 6.95. The molecule has 0 saturated heterocycles. The van der Waals surface area contributed by atoms with E-state index in [-0.39, 0.29) is 22.8 Å². The molecule has 1 N–H and O–H groups in total. The molecule has 0 fully saturated rings. The maximum Gasteiger partial charge on any atom is 0.306 e. The molecule has 1 amide bonds. The summed E-state index contributed by atoms with van der Waals surface area (Å²) in [5, 5.41) is 17.6. The van der Waals surface area contributed by atoms with Gasteiger partial charge < -0.3 is 10.1 Å². The van der Waals surface area contributed by atoms with E-state index in [9.17, 15) is 19.7 Å². The van der Waals surface area contributed by atoms with Gasteiger partial charge >= 0.3 is 5.97 Å². The highest BCUT2D eigenvalue weighted by atomic mass is 35.5. The van der Waals surface area contributed by atoms with Crippen LogP contribution in [0.1, 0.15) is 29.1 Å². The Balaban J connectivity index is 1.54. The first-order valence-corrected chi connectivity index (χ1v) is 9.75. The molecule has 0 bridgehead atoms. The number of ether oxygens (including phenoxy) is 1. The summed E-state index contributed by atoms with van der Waals surface area (Å²) in [6, 6.07) is 5.53. The maximum atomic E-state index is 12.1. The van der Waals surface area contributed by atoms with Crippen LogP contribution in [0.15, 0.2) is 24.3 Å². The fourth-order valence-corrected chi connectivity index (χ4v) is 3.38. The number of carbonyl (C=O) groups excluding carboxylic acids is 2. The molecular weight excluding hydrogens is 426 g/mol. The maximum absolute atomic E-state index is 12.1. The fraction of sp³-hybridized carbons (Fsp3) is 0.300. The largest absolute Gasteiger partial charge is 0.456 e. The third kappa shape index (κ3) is 5.15. The van der Waals surface area contributed by atoms with Crippen LogP contribution in [0.5, 0.6) is 0 Å². The molecule has 31 heavy (non-hydrogen) atoms. The number of nitro groups is 1. The lowest BCUT2D eigenvalue weighted by Gasteiger charge is -2.11. The number of fused-ring (bicyclic) bond motifs is 1. The van der Waals surface area contributed by atoms with Crippen LogP contribution in [-0.4, -0.2) is 38.0 Å². The Morgan fingerprint density at radius 2 is 2.00 bits per heavy atom. The average molecular weight is 446 g/mol. The standard InChI is InChI=1S/C20H20ClN5O5/c1-11-8-18-22-12(2)15(13(3)25(18)24-11)5-7-20(28)31-10-19(27)23-17-6-4-14(26(29)30)9-16(17)21/h4,6,8-9H,5,7,10H2,1-3H3,(H,23,27). The predicted octanol–water partition coefficient (Wildman–Crippen LogP) is 3.33. The van der Waals surface area contributed by atoms with Gasteiger partial charge in [-0.2, -0.15) is 5.10 Å². The number of benzene rings is 1. The lowest BCUT2D eigenvalue weighted by Crippen LogP contribution is -2.21. The molecule has 0 atom stereocenters. The zero-order valence-corrected chi connectivity index (χ0v) is 17.9. The molecule has 2 heterocycles. The summed E-state index contributed by atoms with van der Waals surface area (Å²) in [5.41, 5.74) is 4.20. The number of hydrogen-bond donors (Lipinski definition) is 1. The molecular formula is C20H20ClN5O5. The van der Waals surface area contributed by atoms with Crippen molar-refractivity contribution in [1.82, 2.24) is 14.6 Å². The van der Waals surface area contributed by atoms with Crippen LogP contribution in [0.2, 0.25) is 5.02 Å². The Morgan fingerprint density at radius 3 is 2.68 bits per heavy atom. The van der Waals surface area contributed by atoms with E-state index in [0.29, 0.717) is 6.42 Å². The zero-order chi connectivity index (χ0) is 22.7. The summed E-state index contributed by atoms with van der Waals surface area (Å²) in [4.78, 5) is 38.8. The van der Waals surface area contributed by atoms with Gasteiger partial charge in [-0.3, -0.25) is 19.7 Å². The Bertz CT molecular complexity index is 1190. The van der Waals surface area contributed by atoms with E-state index in [4.69, 9.17) is 16.3 Å². The Kier molecular flexibility index (Phi) is 6.50. The van der Waals surface area contributed by atoms with Crippen molar-refractivity contribution in [2.45, 2.75) is 33.6 Å². The number of amides is 1. The van der Waals surface area contributed by atoms with Crippen LogP contribution in [-0.2, 0) is 20.7 Å². The topological polar surface area (TPSA) is 129 Å². The molecule has 2 aromatic heterocycles. The van der Waals surface area contributed by atoms with Crippen LogP contribution in [0.25, 0.3) is 5.65 Å². The molecule has 162 valence electrons. The Labute approximate surface area is 182 Å². The van der Waals surface area contributed by atoms with Crippen molar-refractivity contribution in [1.29, 1.82) is 0 Å². The van der Waals surface area contributed by atoms with Gasteiger partial charge in [0.25, 0.3) is 11.6 Å². The first kappa shape index (κ1) is 22.2. The minimum absolute atomic E-state index is 0.0107. The number of hydrogen-bond acceptors (Lipinski definition) is 7. The van der Waals surface area contributed by atoms with Gasteiger partial charge in [0.05, 0.1) is 21.3 Å². The quantitative estimate of drug-likeness (QED) is 0.335. The number of carbonyl (C=O) groups is 2. The minimum Gasteiger partial charge on any atom is -0.456 e. The molecule has 0 aliphatic heterocycles. The zero-order valence-electron chi connectivity index (χ0n) is 17.1. The average Bonchev–Trinajstić information content (AvgIpc) is 3.08. The molecule has 3 aromatic rings.